The molecule has 1 fully saturated rings. The third-order valence-electron chi connectivity index (χ3n) is 2.20. The molecule has 0 N–H and O–H groups in total. The van der Waals surface area contributed by atoms with Crippen LogP contribution >= 0.6 is 0 Å². The fourth-order valence-corrected chi connectivity index (χ4v) is 3.39. The van der Waals surface area contributed by atoms with Crippen molar-refractivity contribution < 1.29 is 4.74 Å². The van der Waals surface area contributed by atoms with E-state index in [1.165, 1.54) is 0 Å². The van der Waals surface area contributed by atoms with Crippen LogP contribution in [0.4, 0.5) is 0 Å². The van der Waals surface area contributed by atoms with Gasteiger partial charge in [0, 0.05) is 0 Å². The van der Waals surface area contributed by atoms with Crippen molar-refractivity contribution in [3.8, 4) is 0 Å². The van der Waals surface area contributed by atoms with Crippen molar-refractivity contribution >= 4 is 8.07 Å². The molecule has 1 rings (SSSR count). The molecule has 1 heterocycles. The molecule has 0 radical (unpaired) electrons. The Bertz CT molecular complexity index is 134. The summed E-state index contributed by atoms with van der Waals surface area (Å²) in [5.41, 5.74) is 0.966. The lowest BCUT2D eigenvalue weighted by Gasteiger charge is -2.18. The van der Waals surface area contributed by atoms with Gasteiger partial charge in [-0.15, -0.1) is 0 Å². The number of ether oxygens (including phenoxy) is 1. The minimum absolute atomic E-state index is 0.352. The fourth-order valence-electron chi connectivity index (χ4n) is 1.43. The van der Waals surface area contributed by atoms with Crippen LogP contribution < -0.4 is 0 Å². The quantitative estimate of drug-likeness (QED) is 0.437. The summed E-state index contributed by atoms with van der Waals surface area (Å²) < 4.78 is 5.71. The van der Waals surface area contributed by atoms with Crippen LogP contribution in [-0.4, -0.2) is 19.9 Å². The molecular weight excluding hydrogens is 152 g/mol. The van der Waals surface area contributed by atoms with E-state index in [1.54, 1.807) is 0 Å². The molecule has 0 spiro atoms. The Hall–Kier alpha value is 0.177. The second-order valence-corrected chi connectivity index (χ2v) is 11.0. The van der Waals surface area contributed by atoms with Crippen LogP contribution in [0.1, 0.15) is 20.8 Å². The molecule has 0 aliphatic carbocycles. The molecule has 0 unspecified atom stereocenters. The largest absolute Gasteiger partial charge is 0.373 e. The van der Waals surface area contributed by atoms with Crippen LogP contribution in [0.15, 0.2) is 0 Å². The zero-order valence-corrected chi connectivity index (χ0v) is 9.56. The molecule has 2 atom stereocenters. The van der Waals surface area contributed by atoms with E-state index in [2.05, 4.69) is 40.4 Å². The molecular formula is C9H20OSi. The Kier molecular flexibility index (Phi) is 1.96. The van der Waals surface area contributed by atoms with Gasteiger partial charge in [-0.05, 0) is 5.41 Å². The minimum atomic E-state index is -1.02. The van der Waals surface area contributed by atoms with E-state index in [4.69, 9.17) is 4.74 Å². The SMILES string of the molecule is CC(C)(C)[C@@H]1O[C@@H]1[Si](C)(C)C. The molecule has 0 aromatic heterocycles. The van der Waals surface area contributed by atoms with Gasteiger partial charge in [-0.1, -0.05) is 40.4 Å². The number of hydrogen-bond donors (Lipinski definition) is 0. The van der Waals surface area contributed by atoms with Gasteiger partial charge in [-0.3, -0.25) is 0 Å². The Morgan fingerprint density at radius 2 is 1.55 bits per heavy atom. The first kappa shape index (κ1) is 9.27. The topological polar surface area (TPSA) is 12.5 Å². The van der Waals surface area contributed by atoms with Crippen molar-refractivity contribution in [2.75, 3.05) is 0 Å². The van der Waals surface area contributed by atoms with E-state index in [9.17, 15) is 0 Å². The van der Waals surface area contributed by atoms with E-state index < -0.39 is 8.07 Å². The van der Waals surface area contributed by atoms with Gasteiger partial charge in [-0.2, -0.15) is 0 Å². The van der Waals surface area contributed by atoms with Gasteiger partial charge in [0.15, 0.2) is 0 Å². The number of hydrogen-bond acceptors (Lipinski definition) is 1. The van der Waals surface area contributed by atoms with Crippen LogP contribution in [0.3, 0.4) is 0 Å². The van der Waals surface area contributed by atoms with Gasteiger partial charge in [0.05, 0.1) is 19.9 Å². The van der Waals surface area contributed by atoms with Crippen molar-refractivity contribution in [3.63, 3.8) is 0 Å². The normalized spacial score (nSPS) is 32.2. The summed E-state index contributed by atoms with van der Waals surface area (Å²) in [6.45, 7) is 13.9. The van der Waals surface area contributed by atoms with Crippen LogP contribution in [0.2, 0.25) is 19.6 Å². The van der Waals surface area contributed by atoms with Gasteiger partial charge in [-0.25, -0.2) is 0 Å². The zero-order chi connectivity index (χ0) is 8.86. The summed E-state index contributed by atoms with van der Waals surface area (Å²) in [6, 6.07) is 0. The molecule has 1 saturated heterocycles. The maximum Gasteiger partial charge on any atom is 0.0855 e. The molecule has 11 heavy (non-hydrogen) atoms. The third kappa shape index (κ3) is 2.06. The monoisotopic (exact) mass is 172 g/mol. The van der Waals surface area contributed by atoms with E-state index in [0.29, 0.717) is 17.2 Å². The molecule has 0 saturated carbocycles. The highest BCUT2D eigenvalue weighted by atomic mass is 28.3. The highest BCUT2D eigenvalue weighted by Gasteiger charge is 2.53. The van der Waals surface area contributed by atoms with Crippen LogP contribution in [0, 0.1) is 5.41 Å². The first-order valence-electron chi connectivity index (χ1n) is 4.38. The fraction of sp³-hybridized carbons (Fsp3) is 1.00. The molecule has 1 aliphatic rings. The Balaban J connectivity index is 2.51. The molecule has 2 heteroatoms. The number of epoxide rings is 1. The average molecular weight is 172 g/mol. The lowest BCUT2D eigenvalue weighted by molar-refractivity contribution is 0.264. The van der Waals surface area contributed by atoms with Gasteiger partial charge in [0.1, 0.15) is 0 Å². The molecule has 1 nitrogen and oxygen atoms in total. The highest BCUT2D eigenvalue weighted by Crippen LogP contribution is 2.42. The van der Waals surface area contributed by atoms with Gasteiger partial charge in [0.25, 0.3) is 0 Å². The maximum absolute atomic E-state index is 5.71. The predicted octanol–water partition coefficient (Wildman–Crippen LogP) is 2.68. The second-order valence-electron chi connectivity index (χ2n) is 5.71. The summed E-state index contributed by atoms with van der Waals surface area (Å²) in [7, 11) is -1.02. The summed E-state index contributed by atoms with van der Waals surface area (Å²) in [5, 5.41) is 0. The summed E-state index contributed by atoms with van der Waals surface area (Å²) in [4.78, 5) is 0. The Morgan fingerprint density at radius 1 is 1.09 bits per heavy atom. The lowest BCUT2D eigenvalue weighted by atomic mass is 9.93. The number of rotatable bonds is 1. The van der Waals surface area contributed by atoms with Crippen molar-refractivity contribution in [3.05, 3.63) is 0 Å². The minimum Gasteiger partial charge on any atom is -0.373 e. The van der Waals surface area contributed by atoms with Crippen molar-refractivity contribution in [2.24, 2.45) is 5.41 Å². The standard InChI is InChI=1S/C9H20OSi/c1-9(2,3)7-8(10-7)11(4,5)6/h7-8H,1-6H3/t7-,8-/m1/s1. The van der Waals surface area contributed by atoms with Gasteiger partial charge in [0.2, 0.25) is 0 Å². The molecule has 0 amide bonds. The van der Waals surface area contributed by atoms with E-state index in [-0.39, 0.29) is 0 Å². The summed E-state index contributed by atoms with van der Waals surface area (Å²) >= 11 is 0. The Morgan fingerprint density at radius 3 is 1.64 bits per heavy atom. The molecule has 0 aromatic rings. The summed E-state index contributed by atoms with van der Waals surface area (Å²) in [5.74, 6) is 0. The maximum atomic E-state index is 5.71. The second kappa shape index (κ2) is 2.33. The van der Waals surface area contributed by atoms with E-state index in [0.717, 1.165) is 0 Å². The Labute approximate surface area is 71.1 Å². The van der Waals surface area contributed by atoms with E-state index in [1.807, 2.05) is 0 Å². The molecule has 0 bridgehead atoms. The van der Waals surface area contributed by atoms with Crippen molar-refractivity contribution in [1.29, 1.82) is 0 Å². The van der Waals surface area contributed by atoms with Gasteiger partial charge >= 0.3 is 0 Å². The first-order chi connectivity index (χ1) is 4.73. The van der Waals surface area contributed by atoms with E-state index >= 15 is 0 Å². The first-order valence-corrected chi connectivity index (χ1v) is 7.96. The van der Waals surface area contributed by atoms with Gasteiger partial charge < -0.3 is 4.74 Å². The molecule has 1 aliphatic heterocycles. The zero-order valence-electron chi connectivity index (χ0n) is 8.56. The van der Waals surface area contributed by atoms with Crippen LogP contribution in [0.25, 0.3) is 0 Å². The molecule has 0 aromatic carbocycles. The summed E-state index contributed by atoms with van der Waals surface area (Å²) in [6.07, 6.45) is 0.536. The van der Waals surface area contributed by atoms with Crippen LogP contribution in [-0.2, 0) is 4.74 Å². The lowest BCUT2D eigenvalue weighted by Crippen LogP contribution is -2.33. The van der Waals surface area contributed by atoms with Crippen LogP contribution in [0.5, 0.6) is 0 Å². The van der Waals surface area contributed by atoms with Crippen molar-refractivity contribution in [1.82, 2.24) is 0 Å². The third-order valence-corrected chi connectivity index (χ3v) is 4.34. The van der Waals surface area contributed by atoms with Crippen molar-refractivity contribution in [2.45, 2.75) is 52.2 Å². The smallest absolute Gasteiger partial charge is 0.0855 e. The highest BCUT2D eigenvalue weighted by molar-refractivity contribution is 6.78. The predicted molar refractivity (Wildman–Crippen MR) is 51.5 cm³/mol. The molecule has 66 valence electrons. The average Bonchev–Trinajstić information content (AvgIpc) is 2.30.